The Morgan fingerprint density at radius 3 is 2.95 bits per heavy atom. The summed E-state index contributed by atoms with van der Waals surface area (Å²) in [7, 11) is 4.12. The molecule has 1 aromatic carbocycles. The summed E-state index contributed by atoms with van der Waals surface area (Å²) in [5, 5.41) is 3.67. The predicted molar refractivity (Wildman–Crippen MR) is 86.7 cm³/mol. The molecule has 0 fully saturated rings. The molecule has 0 spiro atoms. The van der Waals surface area contributed by atoms with Crippen molar-refractivity contribution < 1.29 is 0 Å². The second kappa shape index (κ2) is 5.75. The highest BCUT2D eigenvalue weighted by Crippen LogP contribution is 2.38. The number of benzene rings is 1. The van der Waals surface area contributed by atoms with Crippen LogP contribution in [0.1, 0.15) is 18.0 Å². The molecule has 0 aliphatic carbocycles. The monoisotopic (exact) mass is 285 g/mol. The minimum Gasteiger partial charge on any atom is -0.376 e. The normalized spacial score (nSPS) is 17.4. The molecule has 2 aromatic rings. The topological polar surface area (TPSA) is 28.2 Å². The molecule has 0 saturated carbocycles. The average molecular weight is 285 g/mol. The van der Waals surface area contributed by atoms with E-state index >= 15 is 0 Å². The van der Waals surface area contributed by atoms with Crippen molar-refractivity contribution in [2.24, 2.45) is 0 Å². The quantitative estimate of drug-likeness (QED) is 0.928. The number of fused-ring (bicyclic) bond motifs is 1. The van der Waals surface area contributed by atoms with E-state index in [0.717, 1.165) is 17.9 Å². The molecule has 3 nitrogen and oxygen atoms in total. The molecule has 4 heteroatoms. The average Bonchev–Trinajstić information content (AvgIpc) is 2.48. The lowest BCUT2D eigenvalue weighted by molar-refractivity contribution is 0.727. The van der Waals surface area contributed by atoms with Crippen LogP contribution in [0.5, 0.6) is 0 Å². The molecule has 1 N–H and O–H groups in total. The van der Waals surface area contributed by atoms with Crippen LogP contribution in [0.4, 0.5) is 11.4 Å². The maximum atomic E-state index is 4.25. The molecule has 2 heterocycles. The molecular formula is C16H19N3S. The Balaban J connectivity index is 1.90. The molecule has 0 radical (unpaired) electrons. The van der Waals surface area contributed by atoms with E-state index in [0.29, 0.717) is 6.04 Å². The van der Waals surface area contributed by atoms with Crippen LogP contribution in [0.15, 0.2) is 47.6 Å². The van der Waals surface area contributed by atoms with Gasteiger partial charge >= 0.3 is 0 Å². The van der Waals surface area contributed by atoms with E-state index in [2.05, 4.69) is 53.6 Å². The molecule has 1 aliphatic heterocycles. The van der Waals surface area contributed by atoms with Crippen molar-refractivity contribution in [2.75, 3.05) is 30.1 Å². The van der Waals surface area contributed by atoms with Crippen molar-refractivity contribution in [3.63, 3.8) is 0 Å². The van der Waals surface area contributed by atoms with E-state index in [4.69, 9.17) is 0 Å². The third-order valence-corrected chi connectivity index (χ3v) is 4.69. The first-order chi connectivity index (χ1) is 9.75. The van der Waals surface area contributed by atoms with Crippen molar-refractivity contribution in [1.29, 1.82) is 0 Å². The van der Waals surface area contributed by atoms with Crippen LogP contribution in [0.3, 0.4) is 0 Å². The van der Waals surface area contributed by atoms with Crippen molar-refractivity contribution in [1.82, 2.24) is 4.98 Å². The Hall–Kier alpha value is -1.68. The molecule has 1 aromatic heterocycles. The third kappa shape index (κ3) is 2.61. The zero-order valence-electron chi connectivity index (χ0n) is 11.8. The van der Waals surface area contributed by atoms with E-state index in [-0.39, 0.29) is 0 Å². The highest BCUT2D eigenvalue weighted by atomic mass is 32.2. The Kier molecular flexibility index (Phi) is 3.83. The van der Waals surface area contributed by atoms with Crippen LogP contribution in [-0.2, 0) is 0 Å². The van der Waals surface area contributed by atoms with Gasteiger partial charge in [0.25, 0.3) is 0 Å². The lowest BCUT2D eigenvalue weighted by Gasteiger charge is -2.28. The van der Waals surface area contributed by atoms with Crippen LogP contribution in [0.2, 0.25) is 0 Å². The number of thioether (sulfide) groups is 1. The van der Waals surface area contributed by atoms with Crippen LogP contribution in [0, 0.1) is 0 Å². The van der Waals surface area contributed by atoms with Gasteiger partial charge in [0.1, 0.15) is 0 Å². The van der Waals surface area contributed by atoms with Crippen LogP contribution in [-0.4, -0.2) is 24.8 Å². The molecule has 3 rings (SSSR count). The fourth-order valence-electron chi connectivity index (χ4n) is 2.57. The van der Waals surface area contributed by atoms with Gasteiger partial charge in [-0.25, -0.2) is 0 Å². The van der Waals surface area contributed by atoms with Gasteiger partial charge in [-0.15, -0.1) is 11.8 Å². The number of aromatic nitrogens is 1. The van der Waals surface area contributed by atoms with Crippen LogP contribution < -0.4 is 10.2 Å². The van der Waals surface area contributed by atoms with Crippen molar-refractivity contribution in [3.8, 4) is 0 Å². The van der Waals surface area contributed by atoms with Gasteiger partial charge in [-0.1, -0.05) is 18.2 Å². The van der Waals surface area contributed by atoms with E-state index in [1.807, 2.05) is 30.2 Å². The molecule has 1 atom stereocenters. The van der Waals surface area contributed by atoms with Crippen LogP contribution >= 0.6 is 11.8 Å². The molecular weight excluding hydrogens is 266 g/mol. The smallest absolute Gasteiger partial charge is 0.0769 e. The number of anilines is 2. The highest BCUT2D eigenvalue weighted by molar-refractivity contribution is 7.99. The summed E-state index contributed by atoms with van der Waals surface area (Å²) < 4.78 is 0. The lowest BCUT2D eigenvalue weighted by Crippen LogP contribution is -2.18. The van der Waals surface area contributed by atoms with E-state index < -0.39 is 0 Å². The fraction of sp³-hybridized carbons (Fsp3) is 0.312. The first-order valence-electron chi connectivity index (χ1n) is 6.85. The number of hydrogen-bond acceptors (Lipinski definition) is 4. The van der Waals surface area contributed by atoms with E-state index in [1.165, 1.54) is 16.1 Å². The second-order valence-corrected chi connectivity index (χ2v) is 6.30. The summed E-state index contributed by atoms with van der Waals surface area (Å²) in [5.41, 5.74) is 3.68. The van der Waals surface area contributed by atoms with E-state index in [1.54, 1.807) is 0 Å². The molecule has 0 amide bonds. The summed E-state index contributed by atoms with van der Waals surface area (Å²) >= 11 is 1.95. The minimum atomic E-state index is 0.371. The van der Waals surface area contributed by atoms with Crippen molar-refractivity contribution >= 4 is 23.1 Å². The van der Waals surface area contributed by atoms with Gasteiger partial charge in [-0.3, -0.25) is 4.98 Å². The Labute approximate surface area is 124 Å². The van der Waals surface area contributed by atoms with Gasteiger partial charge in [-0.05, 0) is 24.1 Å². The van der Waals surface area contributed by atoms with E-state index in [9.17, 15) is 0 Å². The number of nitrogens with zero attached hydrogens (tertiary/aromatic N) is 2. The van der Waals surface area contributed by atoms with Crippen LogP contribution in [0.25, 0.3) is 0 Å². The summed E-state index contributed by atoms with van der Waals surface area (Å²) in [5.74, 6) is 1.16. The molecule has 0 bridgehead atoms. The van der Waals surface area contributed by atoms with Gasteiger partial charge in [0.05, 0.1) is 23.6 Å². The summed E-state index contributed by atoms with van der Waals surface area (Å²) in [6.45, 7) is 0. The van der Waals surface area contributed by atoms with Gasteiger partial charge < -0.3 is 10.2 Å². The van der Waals surface area contributed by atoms with Crippen molar-refractivity contribution in [3.05, 3.63) is 48.3 Å². The number of hydrogen-bond donors (Lipinski definition) is 1. The summed E-state index contributed by atoms with van der Waals surface area (Å²) in [4.78, 5) is 7.77. The zero-order chi connectivity index (χ0) is 13.9. The maximum absolute atomic E-state index is 4.25. The number of rotatable bonds is 3. The Morgan fingerprint density at radius 2 is 2.10 bits per heavy atom. The second-order valence-electron chi connectivity index (χ2n) is 5.16. The molecule has 20 heavy (non-hydrogen) atoms. The molecule has 104 valence electrons. The Bertz CT molecular complexity index is 598. The standard InChI is InChI=1S/C16H19N3S/c1-19(2)15-7-9-17-11-14(15)18-13-8-10-20-16-6-4-3-5-12(13)16/h3-7,9,11,13,18H,8,10H2,1-2H3. The first kappa shape index (κ1) is 13.3. The minimum absolute atomic E-state index is 0.371. The van der Waals surface area contributed by atoms with Gasteiger partial charge in [0.2, 0.25) is 0 Å². The Morgan fingerprint density at radius 1 is 1.25 bits per heavy atom. The van der Waals surface area contributed by atoms with Gasteiger partial charge in [0.15, 0.2) is 0 Å². The first-order valence-corrected chi connectivity index (χ1v) is 7.84. The SMILES string of the molecule is CN(C)c1ccncc1NC1CCSc2ccccc21. The lowest BCUT2D eigenvalue weighted by atomic mass is 10.0. The third-order valence-electron chi connectivity index (χ3n) is 3.57. The van der Waals surface area contributed by atoms with Gasteiger partial charge in [-0.2, -0.15) is 0 Å². The fourth-order valence-corrected chi connectivity index (χ4v) is 3.69. The number of pyridine rings is 1. The maximum Gasteiger partial charge on any atom is 0.0769 e. The van der Waals surface area contributed by atoms with Gasteiger partial charge in [0, 0.05) is 30.9 Å². The zero-order valence-corrected chi connectivity index (χ0v) is 12.7. The number of nitrogens with one attached hydrogen (secondary N) is 1. The van der Waals surface area contributed by atoms with Crippen molar-refractivity contribution in [2.45, 2.75) is 17.4 Å². The largest absolute Gasteiger partial charge is 0.376 e. The summed E-state index contributed by atoms with van der Waals surface area (Å²) in [6.07, 6.45) is 4.90. The molecule has 0 saturated heterocycles. The highest BCUT2D eigenvalue weighted by Gasteiger charge is 2.21. The predicted octanol–water partition coefficient (Wildman–Crippen LogP) is 3.80. The molecule has 1 unspecified atom stereocenters. The summed E-state index contributed by atoms with van der Waals surface area (Å²) in [6, 6.07) is 11.1. The molecule has 1 aliphatic rings.